The molecule has 4 rings (SSSR count). The van der Waals surface area contributed by atoms with Gasteiger partial charge in [0.1, 0.15) is 6.61 Å². The number of hydroxylamine groups is 2. The molecule has 0 saturated carbocycles. The van der Waals surface area contributed by atoms with Gasteiger partial charge in [0.05, 0.1) is 0 Å². The smallest absolute Gasteiger partial charge is 0.432 e. The van der Waals surface area contributed by atoms with E-state index in [2.05, 4.69) is 0 Å². The highest BCUT2D eigenvalue weighted by atomic mass is 16.8. The van der Waals surface area contributed by atoms with Crippen molar-refractivity contribution in [1.82, 2.24) is 5.06 Å². The lowest BCUT2D eigenvalue weighted by atomic mass is 9.94. The highest BCUT2D eigenvalue weighted by molar-refractivity contribution is 6.01. The minimum absolute atomic E-state index is 0.0318. The Kier molecular flexibility index (Phi) is 9.21. The van der Waals surface area contributed by atoms with Gasteiger partial charge in [-0.3, -0.25) is 24.0 Å². The van der Waals surface area contributed by atoms with Gasteiger partial charge in [-0.2, -0.15) is 0 Å². The van der Waals surface area contributed by atoms with Crippen LogP contribution in [0, 0.1) is 0 Å². The molecule has 2 amide bonds. The number of nitrogens with zero attached hydrogens (tertiary/aromatic N) is 1. The maximum atomic E-state index is 12.9. The molecule has 1 fully saturated rings. The van der Waals surface area contributed by atoms with E-state index >= 15 is 0 Å². The van der Waals surface area contributed by atoms with E-state index in [4.69, 9.17) is 19.4 Å². The number of ether oxygens (including phenoxy) is 2. The number of fused-ring (bicyclic) bond motifs is 3. The minimum atomic E-state index is -1.19. The van der Waals surface area contributed by atoms with Crippen LogP contribution in [0.4, 0.5) is 4.79 Å². The molecule has 0 radical (unpaired) electrons. The third kappa shape index (κ3) is 6.58. The Labute approximate surface area is 225 Å². The van der Waals surface area contributed by atoms with Crippen molar-refractivity contribution in [1.29, 1.82) is 0 Å². The average molecular weight is 538 g/mol. The molecule has 39 heavy (non-hydrogen) atoms. The highest BCUT2D eigenvalue weighted by Crippen LogP contribution is 2.46. The Morgan fingerprint density at radius 1 is 0.897 bits per heavy atom. The number of hydrogen-bond donors (Lipinski definition) is 1. The number of aliphatic hydroxyl groups excluding tert-OH is 1. The number of rotatable bonds is 13. The zero-order chi connectivity index (χ0) is 27.9. The first-order chi connectivity index (χ1) is 18.8. The van der Waals surface area contributed by atoms with Crippen molar-refractivity contribution in [2.45, 2.75) is 51.4 Å². The second-order valence-electron chi connectivity index (χ2n) is 9.52. The Hall–Kier alpha value is -3.89. The third-order valence-corrected chi connectivity index (χ3v) is 6.80. The summed E-state index contributed by atoms with van der Waals surface area (Å²) in [6, 6.07) is 10.7. The van der Waals surface area contributed by atoms with Crippen molar-refractivity contribution in [3.63, 3.8) is 0 Å². The van der Waals surface area contributed by atoms with E-state index < -0.39 is 23.9 Å². The van der Waals surface area contributed by atoms with Crippen molar-refractivity contribution in [2.75, 3.05) is 26.4 Å². The number of Topliss-reactive ketones (excluding diaryl/α,β-unsaturated/α-hetero) is 2. The fourth-order valence-electron chi connectivity index (χ4n) is 4.74. The molecule has 1 aliphatic carbocycles. The van der Waals surface area contributed by atoms with E-state index in [0.717, 1.165) is 28.7 Å². The predicted molar refractivity (Wildman–Crippen MR) is 138 cm³/mol. The van der Waals surface area contributed by atoms with Crippen LogP contribution in [0.1, 0.15) is 83.2 Å². The van der Waals surface area contributed by atoms with E-state index in [1.807, 2.05) is 12.1 Å². The fraction of sp³-hybridized carbons (Fsp3) is 0.414. The molecule has 1 N–H and O–H groups in total. The fourth-order valence-corrected chi connectivity index (χ4v) is 4.74. The van der Waals surface area contributed by atoms with Crippen LogP contribution >= 0.6 is 0 Å². The largest absolute Gasteiger partial charge is 0.533 e. The minimum Gasteiger partial charge on any atom is -0.432 e. The zero-order valence-corrected chi connectivity index (χ0v) is 21.8. The van der Waals surface area contributed by atoms with E-state index in [9.17, 15) is 24.0 Å². The van der Waals surface area contributed by atoms with E-state index in [1.165, 1.54) is 6.92 Å². The van der Waals surface area contributed by atoms with Gasteiger partial charge in [0.2, 0.25) is 0 Å². The number of unbranched alkanes of at least 4 members (excludes halogenated alkanes) is 1. The Morgan fingerprint density at radius 3 is 2.15 bits per heavy atom. The van der Waals surface area contributed by atoms with Crippen LogP contribution in [0.15, 0.2) is 36.4 Å². The van der Waals surface area contributed by atoms with Crippen LogP contribution in [-0.2, 0) is 23.9 Å². The normalized spacial score (nSPS) is 15.7. The van der Waals surface area contributed by atoms with E-state index in [1.54, 1.807) is 24.3 Å². The zero-order valence-electron chi connectivity index (χ0n) is 21.8. The molecule has 1 atom stereocenters. The van der Waals surface area contributed by atoms with Gasteiger partial charge in [-0.15, -0.1) is 0 Å². The van der Waals surface area contributed by atoms with Crippen LogP contribution in [0.3, 0.4) is 0 Å². The first-order valence-electron chi connectivity index (χ1n) is 13.0. The summed E-state index contributed by atoms with van der Waals surface area (Å²) in [5.74, 6) is -1.89. The molecule has 1 heterocycles. The van der Waals surface area contributed by atoms with Crippen molar-refractivity contribution in [2.24, 2.45) is 0 Å². The van der Waals surface area contributed by atoms with Gasteiger partial charge in [0.25, 0.3) is 11.8 Å². The number of hydrogen-bond acceptors (Lipinski definition) is 9. The summed E-state index contributed by atoms with van der Waals surface area (Å²) >= 11 is 0. The maximum absolute atomic E-state index is 12.9. The lowest BCUT2D eigenvalue weighted by Crippen LogP contribution is -2.32. The molecule has 1 saturated heterocycles. The van der Waals surface area contributed by atoms with Crippen molar-refractivity contribution >= 4 is 29.5 Å². The number of benzene rings is 2. The molecule has 2 aromatic carbocycles. The van der Waals surface area contributed by atoms with Gasteiger partial charge in [-0.05, 0) is 60.6 Å². The van der Waals surface area contributed by atoms with Crippen LogP contribution in [0.2, 0.25) is 0 Å². The molecule has 2 aromatic rings. The van der Waals surface area contributed by atoms with Gasteiger partial charge in [0.15, 0.2) is 11.6 Å². The summed E-state index contributed by atoms with van der Waals surface area (Å²) in [6.45, 7) is 2.39. The quantitative estimate of drug-likeness (QED) is 0.174. The van der Waals surface area contributed by atoms with Crippen molar-refractivity contribution in [3.05, 3.63) is 58.7 Å². The van der Waals surface area contributed by atoms with Crippen LogP contribution in [-0.4, -0.2) is 66.1 Å². The van der Waals surface area contributed by atoms with Crippen LogP contribution in [0.5, 0.6) is 0 Å². The molecular formula is C29H31NO9. The Balaban J connectivity index is 1.48. The molecule has 0 aromatic heterocycles. The molecule has 10 heteroatoms. The van der Waals surface area contributed by atoms with Crippen LogP contribution < -0.4 is 0 Å². The molecule has 0 bridgehead atoms. The molecule has 206 valence electrons. The lowest BCUT2D eigenvalue weighted by molar-refractivity contribution is -0.177. The topological polar surface area (TPSA) is 137 Å². The number of aliphatic hydroxyl groups is 1. The van der Waals surface area contributed by atoms with Gasteiger partial charge < -0.3 is 14.6 Å². The van der Waals surface area contributed by atoms with Crippen molar-refractivity contribution < 1.29 is 43.4 Å². The molecule has 0 spiro atoms. The molecule has 2 aliphatic rings. The molecule has 10 nitrogen and oxygen atoms in total. The van der Waals surface area contributed by atoms with Crippen LogP contribution in [0.25, 0.3) is 11.1 Å². The summed E-state index contributed by atoms with van der Waals surface area (Å²) in [5, 5.41) is 9.23. The number of carbonyl (C=O) groups excluding carboxylic acids is 5. The summed E-state index contributed by atoms with van der Waals surface area (Å²) in [7, 11) is 0. The second kappa shape index (κ2) is 12.8. The van der Waals surface area contributed by atoms with Gasteiger partial charge in [0, 0.05) is 56.1 Å². The van der Waals surface area contributed by atoms with E-state index in [-0.39, 0.29) is 37.6 Å². The molecule has 1 unspecified atom stereocenters. The second-order valence-corrected chi connectivity index (χ2v) is 9.52. The third-order valence-electron chi connectivity index (χ3n) is 6.80. The standard InChI is InChI=1S/C29H31NO9/c1-18(32)19-6-8-21-22-9-7-20(26(33)5-4-14-37-13-3-2-12-31)16-24(22)25(23(21)15-19)17-38-29(36)39-30-27(34)10-11-28(30)35/h6-9,15-16,25,31H,2-5,10-14,17H2,1H3. The number of amides is 2. The first-order valence-corrected chi connectivity index (χ1v) is 13.0. The van der Waals surface area contributed by atoms with E-state index in [0.29, 0.717) is 48.7 Å². The number of ketones is 2. The molecule has 1 aliphatic heterocycles. The summed E-state index contributed by atoms with van der Waals surface area (Å²) in [5.41, 5.74) is 4.25. The van der Waals surface area contributed by atoms with Crippen molar-refractivity contribution in [3.8, 4) is 11.1 Å². The van der Waals surface area contributed by atoms with Gasteiger partial charge in [-0.25, -0.2) is 4.79 Å². The summed E-state index contributed by atoms with van der Waals surface area (Å²) in [4.78, 5) is 65.6. The molecular weight excluding hydrogens is 506 g/mol. The van der Waals surface area contributed by atoms with Gasteiger partial charge >= 0.3 is 6.16 Å². The Morgan fingerprint density at radius 2 is 1.51 bits per heavy atom. The average Bonchev–Trinajstić information content (AvgIpc) is 3.41. The van der Waals surface area contributed by atoms with Gasteiger partial charge in [-0.1, -0.05) is 29.3 Å². The number of carbonyl (C=O) groups is 5. The predicted octanol–water partition coefficient (Wildman–Crippen LogP) is 3.97. The Bertz CT molecular complexity index is 1270. The SMILES string of the molecule is CC(=O)c1ccc2c(c1)C(COC(=O)ON1C(=O)CCC1=O)c1cc(C(=O)CCCOCCCCO)ccc1-2. The monoisotopic (exact) mass is 537 g/mol. The lowest BCUT2D eigenvalue weighted by Gasteiger charge is -2.17. The summed E-state index contributed by atoms with van der Waals surface area (Å²) < 4.78 is 10.8. The summed E-state index contributed by atoms with van der Waals surface area (Å²) in [6.07, 6.45) is 1.05. The first kappa shape index (κ1) is 28.1. The highest BCUT2D eigenvalue weighted by Gasteiger charge is 2.35. The number of imide groups is 1. The maximum Gasteiger partial charge on any atom is 0.533 e.